The second-order valence-corrected chi connectivity index (χ2v) is 4.71. The van der Waals surface area contributed by atoms with E-state index in [1.54, 1.807) is 25.3 Å². The maximum atomic E-state index is 11.3. The number of anilines is 3. The molecule has 0 saturated heterocycles. The van der Waals surface area contributed by atoms with E-state index < -0.39 is 0 Å². The number of benzene rings is 1. The van der Waals surface area contributed by atoms with Gasteiger partial charge in [0.25, 0.3) is 0 Å². The highest BCUT2D eigenvalue weighted by Crippen LogP contribution is 2.23. The predicted molar refractivity (Wildman–Crippen MR) is 86.0 cm³/mol. The summed E-state index contributed by atoms with van der Waals surface area (Å²) < 4.78 is 0. The monoisotopic (exact) mass is 293 g/mol. The summed E-state index contributed by atoms with van der Waals surface area (Å²) in [6, 6.07) is 13.3. The second kappa shape index (κ2) is 6.17. The van der Waals surface area contributed by atoms with E-state index in [1.165, 1.54) is 0 Å². The zero-order valence-corrected chi connectivity index (χ0v) is 12.1. The van der Waals surface area contributed by atoms with Gasteiger partial charge in [0.05, 0.1) is 11.2 Å². The van der Waals surface area contributed by atoms with Crippen molar-refractivity contribution in [2.24, 2.45) is 0 Å². The number of carbonyl (C=O) groups excluding carboxylic acids is 1. The van der Waals surface area contributed by atoms with Crippen molar-refractivity contribution >= 4 is 34.1 Å². The largest absolute Gasteiger partial charge is 0.337 e. The molecule has 0 aliphatic rings. The number of nitrogens with one attached hydrogen (secondary N) is 2. The summed E-state index contributed by atoms with van der Waals surface area (Å²) in [5.41, 5.74) is 1.73. The molecule has 6 heteroatoms. The van der Waals surface area contributed by atoms with E-state index in [-0.39, 0.29) is 5.91 Å². The SMILES string of the molecule is CCC(=O)Nc1ccc(Nc2cccc3cccnc23)nn1. The Morgan fingerprint density at radius 3 is 2.59 bits per heavy atom. The van der Waals surface area contributed by atoms with Gasteiger partial charge in [0.15, 0.2) is 11.6 Å². The summed E-state index contributed by atoms with van der Waals surface area (Å²) in [5.74, 6) is 0.939. The van der Waals surface area contributed by atoms with Gasteiger partial charge in [0.1, 0.15) is 0 Å². The number of carbonyl (C=O) groups is 1. The lowest BCUT2D eigenvalue weighted by Gasteiger charge is -2.08. The smallest absolute Gasteiger partial charge is 0.225 e. The van der Waals surface area contributed by atoms with Gasteiger partial charge in [0.2, 0.25) is 5.91 Å². The van der Waals surface area contributed by atoms with E-state index in [0.717, 1.165) is 16.6 Å². The molecule has 0 spiro atoms. The molecule has 0 saturated carbocycles. The van der Waals surface area contributed by atoms with Gasteiger partial charge in [-0.25, -0.2) is 0 Å². The Morgan fingerprint density at radius 2 is 1.82 bits per heavy atom. The summed E-state index contributed by atoms with van der Waals surface area (Å²) >= 11 is 0. The zero-order valence-electron chi connectivity index (χ0n) is 12.1. The van der Waals surface area contributed by atoms with Gasteiger partial charge in [-0.2, -0.15) is 0 Å². The Balaban J connectivity index is 1.82. The van der Waals surface area contributed by atoms with Crippen LogP contribution >= 0.6 is 0 Å². The van der Waals surface area contributed by atoms with Crippen LogP contribution in [0.25, 0.3) is 10.9 Å². The van der Waals surface area contributed by atoms with E-state index in [0.29, 0.717) is 18.1 Å². The first kappa shape index (κ1) is 13.9. The van der Waals surface area contributed by atoms with Crippen molar-refractivity contribution in [3.05, 3.63) is 48.7 Å². The number of para-hydroxylation sites is 1. The van der Waals surface area contributed by atoms with E-state index in [2.05, 4.69) is 25.8 Å². The Hall–Kier alpha value is -3.02. The van der Waals surface area contributed by atoms with Gasteiger partial charge in [0, 0.05) is 18.0 Å². The molecule has 0 unspecified atom stereocenters. The molecule has 1 aromatic carbocycles. The number of fused-ring (bicyclic) bond motifs is 1. The molecule has 1 amide bonds. The van der Waals surface area contributed by atoms with Gasteiger partial charge < -0.3 is 10.6 Å². The molecular formula is C16H15N5O. The van der Waals surface area contributed by atoms with Crippen LogP contribution in [0.5, 0.6) is 0 Å². The summed E-state index contributed by atoms with van der Waals surface area (Å²) in [4.78, 5) is 15.7. The summed E-state index contributed by atoms with van der Waals surface area (Å²) in [7, 11) is 0. The topological polar surface area (TPSA) is 79.8 Å². The number of nitrogens with zero attached hydrogens (tertiary/aromatic N) is 3. The normalized spacial score (nSPS) is 10.4. The third-order valence-corrected chi connectivity index (χ3v) is 3.15. The molecular weight excluding hydrogens is 278 g/mol. The van der Waals surface area contributed by atoms with Crippen molar-refractivity contribution in [1.29, 1.82) is 0 Å². The number of pyridine rings is 1. The van der Waals surface area contributed by atoms with Crippen LogP contribution in [0, 0.1) is 0 Å². The van der Waals surface area contributed by atoms with Crippen molar-refractivity contribution in [2.75, 3.05) is 10.6 Å². The molecule has 2 N–H and O–H groups in total. The number of aromatic nitrogens is 3. The average molecular weight is 293 g/mol. The Kier molecular flexibility index (Phi) is 3.91. The van der Waals surface area contributed by atoms with Crippen molar-refractivity contribution in [2.45, 2.75) is 13.3 Å². The summed E-state index contributed by atoms with van der Waals surface area (Å²) in [5, 5.41) is 14.9. The minimum Gasteiger partial charge on any atom is -0.337 e. The summed E-state index contributed by atoms with van der Waals surface area (Å²) in [6.45, 7) is 1.78. The van der Waals surface area contributed by atoms with Crippen molar-refractivity contribution < 1.29 is 4.79 Å². The minimum absolute atomic E-state index is 0.0896. The molecule has 6 nitrogen and oxygen atoms in total. The first-order chi connectivity index (χ1) is 10.8. The van der Waals surface area contributed by atoms with Gasteiger partial charge in [-0.15, -0.1) is 10.2 Å². The molecule has 22 heavy (non-hydrogen) atoms. The van der Waals surface area contributed by atoms with Crippen LogP contribution in [0.1, 0.15) is 13.3 Å². The van der Waals surface area contributed by atoms with Gasteiger partial charge in [-0.05, 0) is 24.3 Å². The van der Waals surface area contributed by atoms with Crippen LogP contribution in [0.2, 0.25) is 0 Å². The van der Waals surface area contributed by atoms with E-state index >= 15 is 0 Å². The third-order valence-electron chi connectivity index (χ3n) is 3.15. The first-order valence-corrected chi connectivity index (χ1v) is 7.00. The molecule has 2 heterocycles. The van der Waals surface area contributed by atoms with Crippen LogP contribution in [0.4, 0.5) is 17.3 Å². The molecule has 110 valence electrons. The zero-order chi connectivity index (χ0) is 15.4. The first-order valence-electron chi connectivity index (χ1n) is 7.00. The van der Waals surface area contributed by atoms with Crippen LogP contribution in [0.15, 0.2) is 48.7 Å². The summed E-state index contributed by atoms with van der Waals surface area (Å²) in [6.07, 6.45) is 2.16. The number of rotatable bonds is 4. The molecule has 2 aromatic heterocycles. The number of hydrogen-bond donors (Lipinski definition) is 2. The Bertz CT molecular complexity index is 796. The molecule has 0 atom stereocenters. The Morgan fingerprint density at radius 1 is 1.05 bits per heavy atom. The fraction of sp³-hybridized carbons (Fsp3) is 0.125. The molecule has 0 radical (unpaired) electrons. The van der Waals surface area contributed by atoms with E-state index in [4.69, 9.17) is 0 Å². The van der Waals surface area contributed by atoms with Gasteiger partial charge >= 0.3 is 0 Å². The third kappa shape index (κ3) is 3.01. The maximum Gasteiger partial charge on any atom is 0.225 e. The molecule has 0 fully saturated rings. The standard InChI is InChI=1S/C16H15N5O/c1-2-15(22)19-14-9-8-13(20-21-14)18-12-7-3-5-11-6-4-10-17-16(11)12/h3-10H,2H2,1H3,(H,18,20)(H,19,21,22). The van der Waals surface area contributed by atoms with Crippen LogP contribution in [-0.2, 0) is 4.79 Å². The lowest BCUT2D eigenvalue weighted by atomic mass is 10.2. The maximum absolute atomic E-state index is 11.3. The highest BCUT2D eigenvalue weighted by molar-refractivity contribution is 5.92. The van der Waals surface area contributed by atoms with Gasteiger partial charge in [-0.1, -0.05) is 25.1 Å². The average Bonchev–Trinajstić information content (AvgIpc) is 2.57. The van der Waals surface area contributed by atoms with Crippen molar-refractivity contribution in [1.82, 2.24) is 15.2 Å². The van der Waals surface area contributed by atoms with Crippen molar-refractivity contribution in [3.8, 4) is 0 Å². The molecule has 0 aliphatic carbocycles. The van der Waals surface area contributed by atoms with Gasteiger partial charge in [-0.3, -0.25) is 9.78 Å². The molecule has 3 rings (SSSR count). The number of amides is 1. The highest BCUT2D eigenvalue weighted by Gasteiger charge is 2.05. The molecule has 3 aromatic rings. The lowest BCUT2D eigenvalue weighted by molar-refractivity contribution is -0.115. The van der Waals surface area contributed by atoms with Crippen LogP contribution in [0.3, 0.4) is 0 Å². The van der Waals surface area contributed by atoms with Crippen LogP contribution < -0.4 is 10.6 Å². The second-order valence-electron chi connectivity index (χ2n) is 4.71. The minimum atomic E-state index is -0.0896. The Labute approximate surface area is 127 Å². The number of hydrogen-bond acceptors (Lipinski definition) is 5. The highest BCUT2D eigenvalue weighted by atomic mass is 16.1. The van der Waals surface area contributed by atoms with Crippen LogP contribution in [-0.4, -0.2) is 21.1 Å². The molecule has 0 bridgehead atoms. The van der Waals surface area contributed by atoms with E-state index in [1.807, 2.05) is 30.3 Å². The molecule has 0 aliphatic heterocycles. The van der Waals surface area contributed by atoms with E-state index in [9.17, 15) is 4.79 Å². The quantitative estimate of drug-likeness (QED) is 0.772. The fourth-order valence-electron chi connectivity index (χ4n) is 2.04. The lowest BCUT2D eigenvalue weighted by Crippen LogP contribution is -2.11. The fourth-order valence-corrected chi connectivity index (χ4v) is 2.04. The predicted octanol–water partition coefficient (Wildman–Crippen LogP) is 3.12. The van der Waals surface area contributed by atoms with Crippen molar-refractivity contribution in [3.63, 3.8) is 0 Å².